The molecule has 0 aliphatic carbocycles. The summed E-state index contributed by atoms with van der Waals surface area (Å²) in [5.74, 6) is -2.20. The molecule has 0 radical (unpaired) electrons. The van der Waals surface area contributed by atoms with Gasteiger partial charge in [-0.1, -0.05) is 15.9 Å². The number of phenolic OH excluding ortho intramolecular Hbond substituents is 1. The minimum atomic E-state index is -1.01. The van der Waals surface area contributed by atoms with Crippen molar-refractivity contribution >= 4 is 27.7 Å². The van der Waals surface area contributed by atoms with Gasteiger partial charge in [-0.2, -0.15) is 0 Å². The number of hydrogen-bond acceptors (Lipinski definition) is 5. The number of aromatic hydroxyl groups is 1. The molecular formula is C11H11BrO5. The standard InChI is InChI=1S/C11H11BrO5/c1-3-17-11(15)10(14)7-4-6(12)5-8(16-2)9(7)13/h4-5,13H,3H2,1-2H3. The number of Topliss-reactive ketones (excluding diaryl/α,β-unsaturated/α-hetero) is 1. The Morgan fingerprint density at radius 1 is 1.41 bits per heavy atom. The fourth-order valence-corrected chi connectivity index (χ4v) is 1.65. The molecule has 0 amide bonds. The number of ether oxygens (including phenoxy) is 2. The second-order valence-corrected chi connectivity index (χ2v) is 3.97. The summed E-state index contributed by atoms with van der Waals surface area (Å²) in [4.78, 5) is 22.9. The largest absolute Gasteiger partial charge is 0.504 e. The van der Waals surface area contributed by atoms with Gasteiger partial charge in [-0.3, -0.25) is 4.79 Å². The van der Waals surface area contributed by atoms with Crippen LogP contribution in [0.25, 0.3) is 0 Å². The second kappa shape index (κ2) is 5.67. The number of methoxy groups -OCH3 is 1. The Balaban J connectivity index is 3.17. The first kappa shape index (κ1) is 13.5. The molecule has 0 spiro atoms. The van der Waals surface area contributed by atoms with Crippen LogP contribution in [-0.2, 0) is 9.53 Å². The normalized spacial score (nSPS) is 9.82. The first-order valence-electron chi connectivity index (χ1n) is 4.79. The fraction of sp³-hybridized carbons (Fsp3) is 0.273. The number of halogens is 1. The van der Waals surface area contributed by atoms with Crippen molar-refractivity contribution in [3.8, 4) is 11.5 Å². The Bertz CT molecular complexity index is 455. The molecule has 5 nitrogen and oxygen atoms in total. The number of carbonyl (C=O) groups excluding carboxylic acids is 2. The van der Waals surface area contributed by atoms with E-state index in [2.05, 4.69) is 20.7 Å². The third-order valence-corrected chi connectivity index (χ3v) is 2.42. The van der Waals surface area contributed by atoms with Gasteiger partial charge >= 0.3 is 5.97 Å². The first-order valence-corrected chi connectivity index (χ1v) is 5.58. The van der Waals surface area contributed by atoms with Crippen molar-refractivity contribution in [2.75, 3.05) is 13.7 Å². The molecule has 0 fully saturated rings. The molecule has 0 bridgehead atoms. The van der Waals surface area contributed by atoms with E-state index in [1.165, 1.54) is 19.2 Å². The lowest BCUT2D eigenvalue weighted by Crippen LogP contribution is -2.17. The van der Waals surface area contributed by atoms with Crippen LogP contribution in [0.3, 0.4) is 0 Å². The van der Waals surface area contributed by atoms with Crippen molar-refractivity contribution in [2.24, 2.45) is 0 Å². The highest BCUT2D eigenvalue weighted by Crippen LogP contribution is 2.33. The molecule has 92 valence electrons. The van der Waals surface area contributed by atoms with Crippen molar-refractivity contribution in [1.29, 1.82) is 0 Å². The summed E-state index contributed by atoms with van der Waals surface area (Å²) in [6.45, 7) is 1.68. The third-order valence-electron chi connectivity index (χ3n) is 1.97. The molecule has 0 aliphatic rings. The minimum Gasteiger partial charge on any atom is -0.504 e. The highest BCUT2D eigenvalue weighted by molar-refractivity contribution is 9.10. The smallest absolute Gasteiger partial charge is 0.379 e. The first-order chi connectivity index (χ1) is 8.01. The molecule has 0 aromatic heterocycles. The van der Waals surface area contributed by atoms with E-state index in [1.54, 1.807) is 6.92 Å². The Hall–Kier alpha value is -1.56. The molecule has 0 aliphatic heterocycles. The third kappa shape index (κ3) is 2.97. The summed E-state index contributed by atoms with van der Waals surface area (Å²) < 4.78 is 9.96. The van der Waals surface area contributed by atoms with E-state index in [9.17, 15) is 14.7 Å². The average molecular weight is 303 g/mol. The molecule has 1 aromatic rings. The molecular weight excluding hydrogens is 292 g/mol. The maximum Gasteiger partial charge on any atom is 0.379 e. The number of benzene rings is 1. The van der Waals surface area contributed by atoms with Gasteiger partial charge in [0, 0.05) is 4.47 Å². The van der Waals surface area contributed by atoms with Crippen LogP contribution in [0.2, 0.25) is 0 Å². The number of phenols is 1. The van der Waals surface area contributed by atoms with Crippen LogP contribution in [0.4, 0.5) is 0 Å². The van der Waals surface area contributed by atoms with Crippen molar-refractivity contribution < 1.29 is 24.2 Å². The van der Waals surface area contributed by atoms with Gasteiger partial charge in [-0.05, 0) is 19.1 Å². The zero-order valence-corrected chi connectivity index (χ0v) is 10.9. The van der Waals surface area contributed by atoms with Gasteiger partial charge in [0.1, 0.15) is 0 Å². The molecule has 0 atom stereocenters. The van der Waals surface area contributed by atoms with Crippen LogP contribution in [0, 0.1) is 0 Å². The van der Waals surface area contributed by atoms with Gasteiger partial charge in [0.2, 0.25) is 0 Å². The van der Waals surface area contributed by atoms with E-state index >= 15 is 0 Å². The molecule has 0 unspecified atom stereocenters. The summed E-state index contributed by atoms with van der Waals surface area (Å²) in [5.41, 5.74) is -0.158. The zero-order valence-electron chi connectivity index (χ0n) is 9.32. The predicted molar refractivity (Wildman–Crippen MR) is 63.3 cm³/mol. The molecule has 1 rings (SSSR count). The SMILES string of the molecule is CCOC(=O)C(=O)c1cc(Br)cc(OC)c1O. The molecule has 0 saturated carbocycles. The van der Waals surface area contributed by atoms with Crippen molar-refractivity contribution in [2.45, 2.75) is 6.92 Å². The van der Waals surface area contributed by atoms with Gasteiger partial charge < -0.3 is 14.6 Å². The monoisotopic (exact) mass is 302 g/mol. The van der Waals surface area contributed by atoms with Crippen molar-refractivity contribution in [3.63, 3.8) is 0 Å². The van der Waals surface area contributed by atoms with Gasteiger partial charge in [0.05, 0.1) is 19.3 Å². The summed E-state index contributed by atoms with van der Waals surface area (Å²) >= 11 is 3.15. The Morgan fingerprint density at radius 2 is 2.06 bits per heavy atom. The predicted octanol–water partition coefficient (Wildman–Crippen LogP) is 1.91. The van der Waals surface area contributed by atoms with Crippen LogP contribution in [0.1, 0.15) is 17.3 Å². The van der Waals surface area contributed by atoms with Crippen LogP contribution in [0.5, 0.6) is 11.5 Å². The molecule has 17 heavy (non-hydrogen) atoms. The average Bonchev–Trinajstić information content (AvgIpc) is 2.31. The Kier molecular flexibility index (Phi) is 4.51. The van der Waals surface area contributed by atoms with Gasteiger partial charge in [-0.25, -0.2) is 4.79 Å². The van der Waals surface area contributed by atoms with E-state index in [0.717, 1.165) is 0 Å². The maximum atomic E-state index is 11.7. The van der Waals surface area contributed by atoms with Crippen LogP contribution in [0.15, 0.2) is 16.6 Å². The maximum absolute atomic E-state index is 11.7. The summed E-state index contributed by atoms with van der Waals surface area (Å²) in [7, 11) is 1.35. The van der Waals surface area contributed by atoms with E-state index < -0.39 is 11.8 Å². The summed E-state index contributed by atoms with van der Waals surface area (Å²) in [6, 6.07) is 2.81. The topological polar surface area (TPSA) is 72.8 Å². The lowest BCUT2D eigenvalue weighted by molar-refractivity contribution is -0.137. The van der Waals surface area contributed by atoms with Crippen LogP contribution in [-0.4, -0.2) is 30.6 Å². The van der Waals surface area contributed by atoms with E-state index in [-0.39, 0.29) is 23.7 Å². The summed E-state index contributed by atoms with van der Waals surface area (Å²) in [6.07, 6.45) is 0. The molecule has 1 N–H and O–H groups in total. The number of rotatable bonds is 4. The highest BCUT2D eigenvalue weighted by atomic mass is 79.9. The number of esters is 1. The lowest BCUT2D eigenvalue weighted by Gasteiger charge is -2.08. The number of carbonyl (C=O) groups is 2. The second-order valence-electron chi connectivity index (χ2n) is 3.05. The van der Waals surface area contributed by atoms with Crippen molar-refractivity contribution in [3.05, 3.63) is 22.2 Å². The van der Waals surface area contributed by atoms with E-state index in [0.29, 0.717) is 4.47 Å². The van der Waals surface area contributed by atoms with Gasteiger partial charge in [0.15, 0.2) is 11.5 Å². The molecule has 6 heteroatoms. The van der Waals surface area contributed by atoms with Crippen molar-refractivity contribution in [1.82, 2.24) is 0 Å². The van der Waals surface area contributed by atoms with Gasteiger partial charge in [-0.15, -0.1) is 0 Å². The van der Waals surface area contributed by atoms with Crippen LogP contribution >= 0.6 is 15.9 Å². The molecule has 0 saturated heterocycles. The summed E-state index contributed by atoms with van der Waals surface area (Å²) in [5, 5.41) is 9.73. The number of ketones is 1. The zero-order chi connectivity index (χ0) is 13.0. The minimum absolute atomic E-state index is 0.0937. The van der Waals surface area contributed by atoms with E-state index in [4.69, 9.17) is 4.74 Å². The molecule has 1 aromatic carbocycles. The quantitative estimate of drug-likeness (QED) is 0.522. The van der Waals surface area contributed by atoms with E-state index in [1.807, 2.05) is 0 Å². The van der Waals surface area contributed by atoms with Crippen LogP contribution < -0.4 is 4.74 Å². The van der Waals surface area contributed by atoms with Gasteiger partial charge in [0.25, 0.3) is 5.78 Å². The fourth-order valence-electron chi connectivity index (χ4n) is 1.21. The lowest BCUT2D eigenvalue weighted by atomic mass is 10.1. The molecule has 0 heterocycles. The number of hydrogen-bond donors (Lipinski definition) is 1. The Morgan fingerprint density at radius 3 is 2.59 bits per heavy atom. The highest BCUT2D eigenvalue weighted by Gasteiger charge is 2.23. The Labute approximate surface area is 106 Å².